The smallest absolute Gasteiger partial charge is 0.134 e. The van der Waals surface area contributed by atoms with Crippen molar-refractivity contribution in [3.05, 3.63) is 70.9 Å². The molecule has 2 heteroatoms. The van der Waals surface area contributed by atoms with Crippen LogP contribution in [0.25, 0.3) is 23.5 Å². The number of ether oxygens (including phenoxy) is 1. The fourth-order valence-corrected chi connectivity index (χ4v) is 3.72. The lowest BCUT2D eigenvalue weighted by Gasteiger charge is -2.26. The maximum atomic E-state index is 5.87. The predicted molar refractivity (Wildman–Crippen MR) is 94.2 cm³/mol. The van der Waals surface area contributed by atoms with Gasteiger partial charge in [-0.3, -0.25) is 0 Å². The number of para-hydroxylation sites is 1. The third kappa shape index (κ3) is 1.88. The zero-order chi connectivity index (χ0) is 15.2. The molecular formula is C21H17NO. The van der Waals surface area contributed by atoms with E-state index in [2.05, 4.69) is 53.6 Å². The number of anilines is 1. The van der Waals surface area contributed by atoms with Gasteiger partial charge in [0.25, 0.3) is 0 Å². The Bertz CT molecular complexity index is 981. The topological polar surface area (TPSA) is 12.5 Å². The van der Waals surface area contributed by atoms with Crippen LogP contribution in [0.4, 0.5) is 5.69 Å². The molecule has 0 aromatic heterocycles. The van der Waals surface area contributed by atoms with Crippen molar-refractivity contribution in [2.24, 2.45) is 0 Å². The van der Waals surface area contributed by atoms with Gasteiger partial charge in [0.05, 0.1) is 11.9 Å². The van der Waals surface area contributed by atoms with Crippen molar-refractivity contribution in [2.75, 3.05) is 4.90 Å². The highest BCUT2D eigenvalue weighted by molar-refractivity contribution is 5.78. The van der Waals surface area contributed by atoms with Gasteiger partial charge in [-0.1, -0.05) is 36.4 Å². The van der Waals surface area contributed by atoms with Crippen molar-refractivity contribution in [1.82, 2.24) is 0 Å². The number of hydrogen-bond donors (Lipinski definition) is 0. The molecule has 0 fully saturated rings. The second-order valence-corrected chi connectivity index (χ2v) is 6.16. The van der Waals surface area contributed by atoms with E-state index in [1.165, 1.54) is 45.8 Å². The third-order valence-corrected chi connectivity index (χ3v) is 4.83. The lowest BCUT2D eigenvalue weighted by atomic mass is 9.97. The minimum Gasteiger partial charge on any atom is -0.464 e. The fourth-order valence-electron chi connectivity index (χ4n) is 3.72. The number of nitrogens with zero attached hydrogens (tertiary/aromatic N) is 1. The quantitative estimate of drug-likeness (QED) is 0.796. The fraction of sp³-hybridized carbons (Fsp3) is 0.143. The summed E-state index contributed by atoms with van der Waals surface area (Å²) >= 11 is 0. The molecule has 2 nitrogen and oxygen atoms in total. The number of allylic oxidation sites excluding steroid dienone is 3. The number of fused-ring (bicyclic) bond motifs is 5. The standard InChI is InChI=1S/C21H17NO/c1-2-7-15(6-1)22-13-5-9-17-19-14-23-21-10-4-3-8-18(21)16(19)11-12-20(17)22/h3-6,8-14H,1-2,7H2. The van der Waals surface area contributed by atoms with Gasteiger partial charge in [-0.25, -0.2) is 0 Å². The Balaban J connectivity index is 1.74. The zero-order valence-electron chi connectivity index (χ0n) is 12.8. The van der Waals surface area contributed by atoms with Gasteiger partial charge in [-0.2, -0.15) is 0 Å². The van der Waals surface area contributed by atoms with Crippen molar-refractivity contribution in [3.8, 4) is 16.9 Å². The maximum Gasteiger partial charge on any atom is 0.134 e. The first-order valence-electron chi connectivity index (χ1n) is 8.18. The number of benzene rings is 2. The second kappa shape index (κ2) is 4.88. The minimum absolute atomic E-state index is 0.932. The first kappa shape index (κ1) is 12.8. The summed E-state index contributed by atoms with van der Waals surface area (Å²) in [6.45, 7) is 0. The Morgan fingerprint density at radius 2 is 1.91 bits per heavy atom. The van der Waals surface area contributed by atoms with Crippen molar-refractivity contribution < 1.29 is 4.74 Å². The summed E-state index contributed by atoms with van der Waals surface area (Å²) in [4.78, 5) is 2.33. The molecule has 0 bridgehead atoms. The van der Waals surface area contributed by atoms with Gasteiger partial charge >= 0.3 is 0 Å². The molecule has 3 aliphatic rings. The van der Waals surface area contributed by atoms with Gasteiger partial charge in [0, 0.05) is 27.9 Å². The molecule has 0 atom stereocenters. The van der Waals surface area contributed by atoms with Crippen LogP contribution in [0.5, 0.6) is 5.75 Å². The molecule has 2 heterocycles. The lowest BCUT2D eigenvalue weighted by Crippen LogP contribution is -2.36. The van der Waals surface area contributed by atoms with Crippen LogP contribution in [0, 0.1) is 0 Å². The van der Waals surface area contributed by atoms with Crippen LogP contribution in [-0.2, 0) is 0 Å². The van der Waals surface area contributed by atoms with Crippen molar-refractivity contribution >= 4 is 18.0 Å². The molecular weight excluding hydrogens is 282 g/mol. The highest BCUT2D eigenvalue weighted by Crippen LogP contribution is 2.32. The third-order valence-electron chi connectivity index (χ3n) is 4.83. The first-order chi connectivity index (χ1) is 11.4. The molecule has 0 saturated carbocycles. The average molecular weight is 299 g/mol. The second-order valence-electron chi connectivity index (χ2n) is 6.16. The largest absolute Gasteiger partial charge is 0.464 e. The van der Waals surface area contributed by atoms with E-state index in [4.69, 9.17) is 4.74 Å². The average Bonchev–Trinajstić information content (AvgIpc) is 3.15. The Morgan fingerprint density at radius 3 is 2.83 bits per heavy atom. The summed E-state index contributed by atoms with van der Waals surface area (Å²) in [5, 5.41) is 2.42. The molecule has 23 heavy (non-hydrogen) atoms. The summed E-state index contributed by atoms with van der Waals surface area (Å²) in [6, 6.07) is 12.7. The minimum atomic E-state index is 0.932. The van der Waals surface area contributed by atoms with Gasteiger partial charge in [0.15, 0.2) is 0 Å². The van der Waals surface area contributed by atoms with E-state index in [0.29, 0.717) is 0 Å². The molecule has 0 spiro atoms. The molecule has 0 amide bonds. The monoisotopic (exact) mass is 299 g/mol. The van der Waals surface area contributed by atoms with E-state index >= 15 is 0 Å². The molecule has 2 aromatic carbocycles. The predicted octanol–water partition coefficient (Wildman–Crippen LogP) is 3.67. The maximum absolute atomic E-state index is 5.87. The van der Waals surface area contributed by atoms with Crippen LogP contribution in [0.1, 0.15) is 19.3 Å². The Hall–Kier alpha value is -2.74. The van der Waals surface area contributed by atoms with Gasteiger partial charge < -0.3 is 9.64 Å². The number of rotatable bonds is 1. The Kier molecular flexibility index (Phi) is 2.71. The molecule has 5 rings (SSSR count). The molecule has 0 radical (unpaired) electrons. The van der Waals surface area contributed by atoms with E-state index in [1.807, 2.05) is 18.4 Å². The molecule has 1 aliphatic carbocycles. The van der Waals surface area contributed by atoms with Crippen molar-refractivity contribution in [1.29, 1.82) is 0 Å². The molecule has 2 aromatic rings. The van der Waals surface area contributed by atoms with Gasteiger partial charge in [-0.15, -0.1) is 0 Å². The van der Waals surface area contributed by atoms with Crippen LogP contribution in [-0.4, -0.2) is 0 Å². The van der Waals surface area contributed by atoms with E-state index in [-0.39, 0.29) is 0 Å². The highest BCUT2D eigenvalue weighted by atomic mass is 16.5. The molecule has 2 aliphatic heterocycles. The van der Waals surface area contributed by atoms with Crippen molar-refractivity contribution in [3.63, 3.8) is 0 Å². The summed E-state index contributed by atoms with van der Waals surface area (Å²) in [7, 11) is 0. The van der Waals surface area contributed by atoms with Gasteiger partial charge in [0.1, 0.15) is 5.75 Å². The van der Waals surface area contributed by atoms with Gasteiger partial charge in [0.2, 0.25) is 0 Å². The normalized spacial score (nSPS) is 17.2. The summed E-state index contributed by atoms with van der Waals surface area (Å²) < 4.78 is 5.87. The zero-order valence-corrected chi connectivity index (χ0v) is 12.8. The molecule has 0 unspecified atom stereocenters. The lowest BCUT2D eigenvalue weighted by molar-refractivity contribution is 0.537. The van der Waals surface area contributed by atoms with E-state index in [1.54, 1.807) is 0 Å². The summed E-state index contributed by atoms with van der Waals surface area (Å²) in [6.07, 6.45) is 14.3. The van der Waals surface area contributed by atoms with Crippen LogP contribution in [0.2, 0.25) is 0 Å². The van der Waals surface area contributed by atoms with Crippen LogP contribution >= 0.6 is 0 Å². The van der Waals surface area contributed by atoms with Gasteiger partial charge in [-0.05, 0) is 43.0 Å². The van der Waals surface area contributed by atoms with E-state index in [0.717, 1.165) is 12.2 Å². The van der Waals surface area contributed by atoms with E-state index in [9.17, 15) is 0 Å². The molecule has 0 saturated heterocycles. The molecule has 112 valence electrons. The highest BCUT2D eigenvalue weighted by Gasteiger charge is 2.19. The Labute approximate surface area is 135 Å². The first-order valence-corrected chi connectivity index (χ1v) is 8.18. The van der Waals surface area contributed by atoms with Crippen LogP contribution in [0.3, 0.4) is 0 Å². The van der Waals surface area contributed by atoms with Crippen molar-refractivity contribution in [2.45, 2.75) is 19.3 Å². The SMILES string of the molecule is C1=CN(C2=CCCC2)c2ccc3c(c2=C1)=COc1ccccc1-3. The van der Waals surface area contributed by atoms with E-state index < -0.39 is 0 Å². The number of hydrogen-bond acceptors (Lipinski definition) is 2. The van der Waals surface area contributed by atoms with Crippen LogP contribution < -0.4 is 20.1 Å². The van der Waals surface area contributed by atoms with Crippen LogP contribution in [0.15, 0.2) is 60.4 Å². The Morgan fingerprint density at radius 1 is 0.957 bits per heavy atom. The summed E-state index contributed by atoms with van der Waals surface area (Å²) in [5.41, 5.74) is 5.08. The molecule has 0 N–H and O–H groups in total. The summed E-state index contributed by atoms with van der Waals surface area (Å²) in [5.74, 6) is 0.932.